The number of benzene rings is 2. The van der Waals surface area contributed by atoms with E-state index in [1.807, 2.05) is 0 Å². The van der Waals surface area contributed by atoms with Gasteiger partial charge in [-0.25, -0.2) is 9.78 Å². The number of ether oxygens (including phenoxy) is 1. The molecule has 0 bridgehead atoms. The minimum Gasteiger partial charge on any atom is -0.452 e. The molecule has 0 saturated carbocycles. The number of hydrogen-bond donors (Lipinski definition) is 1. The van der Waals surface area contributed by atoms with Gasteiger partial charge in [0.2, 0.25) is 0 Å². The van der Waals surface area contributed by atoms with Gasteiger partial charge >= 0.3 is 6.09 Å². The maximum Gasteiger partial charge on any atom is 0.414 e. The first-order valence-corrected chi connectivity index (χ1v) is 11.7. The molecule has 0 spiro atoms. The van der Waals surface area contributed by atoms with E-state index in [2.05, 4.69) is 66.2 Å². The average molecular weight is 433 g/mol. The minimum absolute atomic E-state index is 0.114. The Kier molecular flexibility index (Phi) is 5.64. The van der Waals surface area contributed by atoms with Gasteiger partial charge in [-0.05, 0) is 62.9 Å². The molecular weight excluding hydrogens is 400 g/mol. The summed E-state index contributed by atoms with van der Waals surface area (Å²) in [5.41, 5.74) is 5.61. The van der Waals surface area contributed by atoms with Crippen molar-refractivity contribution in [3.05, 3.63) is 59.4 Å². The van der Waals surface area contributed by atoms with E-state index < -0.39 is 0 Å². The van der Waals surface area contributed by atoms with Gasteiger partial charge in [-0.15, -0.1) is 0 Å². The van der Waals surface area contributed by atoms with Crippen LogP contribution in [0.15, 0.2) is 42.5 Å². The fraction of sp³-hybridized carbons (Fsp3) is 0.462. The molecule has 2 aromatic carbocycles. The molecular formula is C26H32N4O2. The maximum absolute atomic E-state index is 12.6. The van der Waals surface area contributed by atoms with Crippen molar-refractivity contribution < 1.29 is 9.53 Å². The van der Waals surface area contributed by atoms with E-state index in [1.54, 1.807) is 4.90 Å². The second-order valence-electron chi connectivity index (χ2n) is 9.26. The Labute approximate surface area is 189 Å². The molecule has 168 valence electrons. The Hall–Kier alpha value is -2.86. The van der Waals surface area contributed by atoms with Gasteiger partial charge in [0.1, 0.15) is 5.82 Å². The van der Waals surface area contributed by atoms with Gasteiger partial charge in [-0.1, -0.05) is 37.3 Å². The van der Waals surface area contributed by atoms with Gasteiger partial charge < -0.3 is 14.6 Å². The predicted molar refractivity (Wildman–Crippen MR) is 127 cm³/mol. The van der Waals surface area contributed by atoms with Crippen molar-refractivity contribution in [1.29, 1.82) is 0 Å². The molecule has 6 heteroatoms. The van der Waals surface area contributed by atoms with Crippen molar-refractivity contribution in [2.45, 2.75) is 51.6 Å². The Balaban J connectivity index is 1.68. The molecule has 1 aromatic heterocycles. The molecule has 3 aromatic rings. The smallest absolute Gasteiger partial charge is 0.414 e. The number of aromatic nitrogens is 2. The summed E-state index contributed by atoms with van der Waals surface area (Å²) in [5.74, 6) is 1.64. The van der Waals surface area contributed by atoms with Crippen LogP contribution < -0.4 is 10.2 Å². The number of aryl methyl sites for hydroxylation is 1. The van der Waals surface area contributed by atoms with E-state index >= 15 is 0 Å². The largest absolute Gasteiger partial charge is 0.452 e. The standard InChI is InChI=1S/C26H32N4O2/c1-17-16-27-14-13-21(17)30-23-12-11-22-20(10-9-18(2)29(22)26(31)32-3)25(23)28-24(30)15-19-7-5-4-6-8-19/h4-8,11-12,17-18,21,27H,9-10,13-16H2,1-3H3/t17-,18-,21-/m0/s1. The van der Waals surface area contributed by atoms with E-state index in [4.69, 9.17) is 9.72 Å². The lowest BCUT2D eigenvalue weighted by Crippen LogP contribution is -2.42. The number of anilines is 1. The van der Waals surface area contributed by atoms with Crippen LogP contribution in [-0.4, -0.2) is 41.9 Å². The fourth-order valence-corrected chi connectivity index (χ4v) is 5.48. The first-order chi connectivity index (χ1) is 15.6. The number of fused-ring (bicyclic) bond motifs is 3. The molecule has 1 amide bonds. The Bertz CT molecular complexity index is 1120. The topological polar surface area (TPSA) is 59.4 Å². The van der Waals surface area contributed by atoms with E-state index in [0.29, 0.717) is 12.0 Å². The molecule has 0 radical (unpaired) electrons. The molecule has 3 atom stereocenters. The molecule has 32 heavy (non-hydrogen) atoms. The second-order valence-corrected chi connectivity index (χ2v) is 9.26. The molecule has 1 saturated heterocycles. The number of piperidine rings is 1. The van der Waals surface area contributed by atoms with E-state index in [9.17, 15) is 4.79 Å². The Morgan fingerprint density at radius 2 is 1.97 bits per heavy atom. The second kappa shape index (κ2) is 8.58. The van der Waals surface area contributed by atoms with Crippen LogP contribution in [0.1, 0.15) is 49.7 Å². The van der Waals surface area contributed by atoms with E-state index in [1.165, 1.54) is 23.8 Å². The molecule has 1 N–H and O–H groups in total. The molecule has 5 rings (SSSR count). The predicted octanol–water partition coefficient (Wildman–Crippen LogP) is 4.71. The molecule has 1 fully saturated rings. The molecule has 2 aliphatic heterocycles. The number of nitrogens with zero attached hydrogens (tertiary/aromatic N) is 3. The summed E-state index contributed by atoms with van der Waals surface area (Å²) in [6.45, 7) is 6.46. The quantitative estimate of drug-likeness (QED) is 0.651. The summed E-state index contributed by atoms with van der Waals surface area (Å²) in [5, 5.41) is 3.53. The van der Waals surface area contributed by atoms with Crippen LogP contribution in [0.3, 0.4) is 0 Å². The minimum atomic E-state index is -0.297. The first kappa shape index (κ1) is 21.0. The summed E-state index contributed by atoms with van der Waals surface area (Å²) in [4.78, 5) is 19.6. The summed E-state index contributed by atoms with van der Waals surface area (Å²) in [7, 11) is 1.45. The number of carbonyl (C=O) groups excluding carboxylic acids is 1. The lowest BCUT2D eigenvalue weighted by Gasteiger charge is -2.34. The zero-order valence-electron chi connectivity index (χ0n) is 19.2. The third-order valence-electron chi connectivity index (χ3n) is 7.18. The number of imidazole rings is 1. The SMILES string of the molecule is COC(=O)N1c2ccc3c(nc(Cc4ccccc4)n3[C@H]3CCNC[C@@H]3C)c2CC[C@@H]1C. The van der Waals surface area contributed by atoms with Crippen LogP contribution >= 0.6 is 0 Å². The number of nitrogens with one attached hydrogen (secondary N) is 1. The number of hydrogen-bond acceptors (Lipinski definition) is 4. The highest BCUT2D eigenvalue weighted by Crippen LogP contribution is 2.39. The Morgan fingerprint density at radius 1 is 1.16 bits per heavy atom. The van der Waals surface area contributed by atoms with Crippen LogP contribution in [0.25, 0.3) is 11.0 Å². The average Bonchev–Trinajstić information content (AvgIpc) is 3.17. The number of carbonyl (C=O) groups is 1. The molecule has 0 aliphatic carbocycles. The summed E-state index contributed by atoms with van der Waals surface area (Å²) < 4.78 is 7.60. The summed E-state index contributed by atoms with van der Waals surface area (Å²) in [6.07, 6.45) is 3.43. The van der Waals surface area contributed by atoms with Gasteiger partial charge in [0.05, 0.1) is 23.8 Å². The normalized spacial score (nSPS) is 23.2. The van der Waals surface area contributed by atoms with E-state index in [0.717, 1.165) is 55.8 Å². The van der Waals surface area contributed by atoms with Crippen molar-refractivity contribution in [2.24, 2.45) is 5.92 Å². The highest BCUT2D eigenvalue weighted by atomic mass is 16.5. The van der Waals surface area contributed by atoms with Crippen LogP contribution in [0.4, 0.5) is 10.5 Å². The van der Waals surface area contributed by atoms with Crippen LogP contribution in [0.2, 0.25) is 0 Å². The molecule has 3 heterocycles. The van der Waals surface area contributed by atoms with Crippen molar-refractivity contribution in [1.82, 2.24) is 14.9 Å². The highest BCUT2D eigenvalue weighted by molar-refractivity contribution is 5.95. The van der Waals surface area contributed by atoms with Crippen LogP contribution in [-0.2, 0) is 17.6 Å². The lowest BCUT2D eigenvalue weighted by molar-refractivity contribution is 0.175. The zero-order chi connectivity index (χ0) is 22.2. The first-order valence-electron chi connectivity index (χ1n) is 11.7. The van der Waals surface area contributed by atoms with Gasteiger partial charge in [0.15, 0.2) is 0 Å². The van der Waals surface area contributed by atoms with Gasteiger partial charge in [-0.3, -0.25) is 4.90 Å². The molecule has 0 unspecified atom stereocenters. The number of rotatable bonds is 3. The number of amides is 1. The van der Waals surface area contributed by atoms with Crippen LogP contribution in [0.5, 0.6) is 0 Å². The van der Waals surface area contributed by atoms with Gasteiger partial charge in [0, 0.05) is 24.1 Å². The van der Waals surface area contributed by atoms with Crippen molar-refractivity contribution >= 4 is 22.8 Å². The lowest BCUT2D eigenvalue weighted by atomic mass is 9.93. The Morgan fingerprint density at radius 3 is 2.72 bits per heavy atom. The van der Waals surface area contributed by atoms with Gasteiger partial charge in [-0.2, -0.15) is 0 Å². The van der Waals surface area contributed by atoms with Crippen molar-refractivity contribution in [2.75, 3.05) is 25.1 Å². The van der Waals surface area contributed by atoms with Crippen LogP contribution in [0, 0.1) is 5.92 Å². The molecule has 6 nitrogen and oxygen atoms in total. The highest BCUT2D eigenvalue weighted by Gasteiger charge is 2.33. The monoisotopic (exact) mass is 432 g/mol. The third kappa shape index (κ3) is 3.56. The number of methoxy groups -OCH3 is 1. The van der Waals surface area contributed by atoms with Gasteiger partial charge in [0.25, 0.3) is 0 Å². The maximum atomic E-state index is 12.6. The zero-order valence-corrected chi connectivity index (χ0v) is 19.2. The summed E-state index contributed by atoms with van der Waals surface area (Å²) >= 11 is 0. The van der Waals surface area contributed by atoms with Crippen molar-refractivity contribution in [3.63, 3.8) is 0 Å². The fourth-order valence-electron chi connectivity index (χ4n) is 5.48. The van der Waals surface area contributed by atoms with Crippen molar-refractivity contribution in [3.8, 4) is 0 Å². The van der Waals surface area contributed by atoms with E-state index in [-0.39, 0.29) is 12.1 Å². The summed E-state index contributed by atoms with van der Waals surface area (Å²) in [6, 6.07) is 15.4. The third-order valence-corrected chi connectivity index (χ3v) is 7.18. The molecule has 2 aliphatic rings.